The predicted octanol–water partition coefficient (Wildman–Crippen LogP) is 2.25. The Morgan fingerprint density at radius 3 is 2.50 bits per heavy atom. The van der Waals surface area contributed by atoms with Crippen molar-refractivity contribution in [2.75, 3.05) is 0 Å². The van der Waals surface area contributed by atoms with Crippen molar-refractivity contribution in [3.05, 3.63) is 58.6 Å². The van der Waals surface area contributed by atoms with Crippen molar-refractivity contribution in [3.63, 3.8) is 0 Å². The van der Waals surface area contributed by atoms with Gasteiger partial charge in [0.25, 0.3) is 0 Å². The molecule has 0 saturated heterocycles. The van der Waals surface area contributed by atoms with Gasteiger partial charge < -0.3 is 10.2 Å². The molecule has 90 valence electrons. The Balaban J connectivity index is 2.09. The summed E-state index contributed by atoms with van der Waals surface area (Å²) in [5, 5.41) is 0. The zero-order chi connectivity index (χ0) is 12.5. The first-order valence-corrected chi connectivity index (χ1v) is 5.68. The molecular weight excluding hydrogens is 228 g/mol. The second-order valence-electron chi connectivity index (χ2n) is 4.13. The summed E-state index contributed by atoms with van der Waals surface area (Å²) in [6.45, 7) is 0.536. The lowest BCUT2D eigenvalue weighted by atomic mass is 10.0. The Morgan fingerprint density at radius 1 is 1.06 bits per heavy atom. The van der Waals surface area contributed by atoms with Crippen LogP contribution >= 0.6 is 0 Å². The van der Waals surface area contributed by atoms with Crippen LogP contribution in [0.5, 0.6) is 0 Å². The third-order valence-electron chi connectivity index (χ3n) is 2.94. The molecule has 0 saturated carbocycles. The van der Waals surface area contributed by atoms with E-state index in [1.54, 1.807) is 6.07 Å². The maximum Gasteiger partial charge on any atom is 0.417 e. The third-order valence-corrected chi connectivity index (χ3v) is 2.94. The van der Waals surface area contributed by atoms with Gasteiger partial charge in [0.05, 0.1) is 5.52 Å². The van der Waals surface area contributed by atoms with Gasteiger partial charge in [-0.05, 0) is 28.8 Å². The molecule has 3 aromatic rings. The smallest absolute Gasteiger partial charge is 0.408 e. The van der Waals surface area contributed by atoms with Crippen LogP contribution < -0.4 is 11.5 Å². The SMILES string of the molecule is NCc1ccc(-c2ccc3oc(=O)[nH]c3c2)cc1. The van der Waals surface area contributed by atoms with Gasteiger partial charge in [0.1, 0.15) is 0 Å². The largest absolute Gasteiger partial charge is 0.417 e. The van der Waals surface area contributed by atoms with Crippen LogP contribution in [-0.4, -0.2) is 4.98 Å². The molecule has 0 amide bonds. The highest BCUT2D eigenvalue weighted by atomic mass is 16.4. The normalized spacial score (nSPS) is 10.9. The van der Waals surface area contributed by atoms with Gasteiger partial charge in [-0.15, -0.1) is 0 Å². The van der Waals surface area contributed by atoms with Crippen LogP contribution in [0.1, 0.15) is 5.56 Å². The van der Waals surface area contributed by atoms with Crippen LogP contribution in [0.15, 0.2) is 51.7 Å². The van der Waals surface area contributed by atoms with Crippen LogP contribution in [-0.2, 0) is 6.54 Å². The minimum atomic E-state index is -0.430. The number of aromatic amines is 1. The topological polar surface area (TPSA) is 72.0 Å². The quantitative estimate of drug-likeness (QED) is 0.721. The Bertz CT molecular complexity index is 738. The van der Waals surface area contributed by atoms with Crippen molar-refractivity contribution in [1.29, 1.82) is 0 Å². The van der Waals surface area contributed by atoms with Crippen LogP contribution in [0.3, 0.4) is 0 Å². The average Bonchev–Trinajstić information content (AvgIpc) is 2.78. The minimum Gasteiger partial charge on any atom is -0.408 e. The first-order chi connectivity index (χ1) is 8.76. The lowest BCUT2D eigenvalue weighted by Gasteiger charge is -2.02. The molecule has 2 aromatic carbocycles. The fraction of sp³-hybridized carbons (Fsp3) is 0.0714. The van der Waals surface area contributed by atoms with Crippen molar-refractivity contribution < 1.29 is 4.42 Å². The molecule has 0 spiro atoms. The highest BCUT2D eigenvalue weighted by molar-refractivity contribution is 5.80. The Labute approximate surface area is 103 Å². The van der Waals surface area contributed by atoms with Gasteiger partial charge in [0.2, 0.25) is 0 Å². The van der Waals surface area contributed by atoms with Gasteiger partial charge in [-0.25, -0.2) is 4.79 Å². The second kappa shape index (κ2) is 4.16. The highest BCUT2D eigenvalue weighted by Crippen LogP contribution is 2.23. The van der Waals surface area contributed by atoms with E-state index in [2.05, 4.69) is 4.98 Å². The third kappa shape index (κ3) is 1.83. The number of oxazole rings is 1. The molecule has 3 rings (SSSR count). The summed E-state index contributed by atoms with van der Waals surface area (Å²) in [5.41, 5.74) is 10.0. The summed E-state index contributed by atoms with van der Waals surface area (Å²) < 4.78 is 4.97. The van der Waals surface area contributed by atoms with E-state index in [0.717, 1.165) is 16.7 Å². The summed E-state index contributed by atoms with van der Waals surface area (Å²) in [6, 6.07) is 13.6. The fourth-order valence-corrected chi connectivity index (χ4v) is 1.96. The minimum absolute atomic E-state index is 0.430. The number of fused-ring (bicyclic) bond motifs is 1. The molecule has 4 nitrogen and oxygen atoms in total. The standard InChI is InChI=1S/C14H12N2O2/c15-8-9-1-3-10(4-2-9)11-5-6-13-12(7-11)16-14(17)18-13/h1-7H,8,15H2,(H,16,17). The number of H-pyrrole nitrogens is 1. The fourth-order valence-electron chi connectivity index (χ4n) is 1.96. The van der Waals surface area contributed by atoms with E-state index in [-0.39, 0.29) is 0 Å². The Kier molecular flexibility index (Phi) is 2.50. The Hall–Kier alpha value is -2.33. The highest BCUT2D eigenvalue weighted by Gasteiger charge is 2.03. The van der Waals surface area contributed by atoms with Crippen molar-refractivity contribution >= 4 is 11.1 Å². The molecular formula is C14H12N2O2. The van der Waals surface area contributed by atoms with E-state index in [0.29, 0.717) is 17.6 Å². The van der Waals surface area contributed by atoms with Crippen LogP contribution in [0.4, 0.5) is 0 Å². The van der Waals surface area contributed by atoms with Gasteiger partial charge in [-0.3, -0.25) is 4.98 Å². The number of benzene rings is 2. The Morgan fingerprint density at radius 2 is 1.78 bits per heavy atom. The van der Waals surface area contributed by atoms with Gasteiger partial charge in [0, 0.05) is 6.54 Å². The molecule has 0 unspecified atom stereocenters. The predicted molar refractivity (Wildman–Crippen MR) is 70.2 cm³/mol. The van der Waals surface area contributed by atoms with Gasteiger partial charge in [-0.2, -0.15) is 0 Å². The number of rotatable bonds is 2. The van der Waals surface area contributed by atoms with E-state index < -0.39 is 5.76 Å². The van der Waals surface area contributed by atoms with Crippen molar-refractivity contribution in [3.8, 4) is 11.1 Å². The maximum atomic E-state index is 11.1. The van der Waals surface area contributed by atoms with E-state index in [1.165, 1.54) is 0 Å². The van der Waals surface area contributed by atoms with E-state index in [4.69, 9.17) is 10.2 Å². The molecule has 0 bridgehead atoms. The van der Waals surface area contributed by atoms with E-state index in [9.17, 15) is 4.79 Å². The summed E-state index contributed by atoms with van der Waals surface area (Å²) in [6.07, 6.45) is 0. The van der Waals surface area contributed by atoms with Crippen molar-refractivity contribution in [2.24, 2.45) is 5.73 Å². The van der Waals surface area contributed by atoms with Crippen LogP contribution in [0.25, 0.3) is 22.2 Å². The molecule has 1 heterocycles. The first kappa shape index (κ1) is 10.8. The summed E-state index contributed by atoms with van der Waals surface area (Å²) >= 11 is 0. The first-order valence-electron chi connectivity index (χ1n) is 5.68. The van der Waals surface area contributed by atoms with Gasteiger partial charge in [-0.1, -0.05) is 30.3 Å². The molecule has 0 aliphatic carbocycles. The maximum absolute atomic E-state index is 11.1. The molecule has 0 aliphatic heterocycles. The molecule has 4 heteroatoms. The van der Waals surface area contributed by atoms with Crippen molar-refractivity contribution in [2.45, 2.75) is 6.54 Å². The molecule has 0 aliphatic rings. The lowest BCUT2D eigenvalue weighted by molar-refractivity contribution is 0.555. The molecule has 1 aromatic heterocycles. The molecule has 0 atom stereocenters. The van der Waals surface area contributed by atoms with Crippen LogP contribution in [0, 0.1) is 0 Å². The molecule has 0 radical (unpaired) electrons. The van der Waals surface area contributed by atoms with E-state index in [1.807, 2.05) is 36.4 Å². The van der Waals surface area contributed by atoms with Gasteiger partial charge in [0.15, 0.2) is 5.58 Å². The summed E-state index contributed by atoms with van der Waals surface area (Å²) in [5.74, 6) is -0.430. The van der Waals surface area contributed by atoms with E-state index >= 15 is 0 Å². The number of hydrogen-bond acceptors (Lipinski definition) is 3. The summed E-state index contributed by atoms with van der Waals surface area (Å²) in [7, 11) is 0. The lowest BCUT2D eigenvalue weighted by Crippen LogP contribution is -1.95. The zero-order valence-corrected chi connectivity index (χ0v) is 9.64. The monoisotopic (exact) mass is 240 g/mol. The van der Waals surface area contributed by atoms with Crippen molar-refractivity contribution in [1.82, 2.24) is 4.98 Å². The number of nitrogens with one attached hydrogen (secondary N) is 1. The number of hydrogen-bond donors (Lipinski definition) is 2. The number of aromatic nitrogens is 1. The molecule has 3 N–H and O–H groups in total. The summed E-state index contributed by atoms with van der Waals surface area (Å²) in [4.78, 5) is 13.7. The zero-order valence-electron chi connectivity index (χ0n) is 9.64. The van der Waals surface area contributed by atoms with Crippen LogP contribution in [0.2, 0.25) is 0 Å². The number of nitrogens with two attached hydrogens (primary N) is 1. The molecule has 18 heavy (non-hydrogen) atoms. The second-order valence-corrected chi connectivity index (χ2v) is 4.13. The molecule has 0 fully saturated rings. The average molecular weight is 240 g/mol. The van der Waals surface area contributed by atoms with Gasteiger partial charge >= 0.3 is 5.76 Å².